The summed E-state index contributed by atoms with van der Waals surface area (Å²) in [6.45, 7) is 3.67. The average Bonchev–Trinajstić information content (AvgIpc) is 2.35. The van der Waals surface area contributed by atoms with Crippen molar-refractivity contribution in [2.45, 2.75) is 26.3 Å². The van der Waals surface area contributed by atoms with E-state index >= 15 is 0 Å². The molecular weight excluding hydrogens is 300 g/mol. The summed E-state index contributed by atoms with van der Waals surface area (Å²) in [4.78, 5) is 26.8. The van der Waals surface area contributed by atoms with Gasteiger partial charge < -0.3 is 10.4 Å². The smallest absolute Gasteiger partial charge is 0.326 e. The fraction of sp³-hybridized carbons (Fsp3) is 0.417. The lowest BCUT2D eigenvalue weighted by molar-refractivity contribution is -0.140. The molecule has 0 saturated carbocycles. The Bertz CT molecular complexity index is 433. The molecule has 1 aromatic heterocycles. The van der Waals surface area contributed by atoms with E-state index in [4.69, 9.17) is 5.11 Å². The molecule has 0 aromatic carbocycles. The Morgan fingerprint density at radius 3 is 2.61 bits per heavy atom. The number of carbonyl (C=O) groups excluding carboxylic acids is 1. The van der Waals surface area contributed by atoms with Crippen LogP contribution in [0.3, 0.4) is 0 Å². The minimum absolute atomic E-state index is 0.137. The second-order valence-corrected chi connectivity index (χ2v) is 4.95. The summed E-state index contributed by atoms with van der Waals surface area (Å²) >= 11 is 3.21. The molecule has 6 heteroatoms. The van der Waals surface area contributed by atoms with Crippen LogP contribution in [-0.2, 0) is 4.79 Å². The minimum atomic E-state index is -1.03. The van der Waals surface area contributed by atoms with E-state index in [-0.39, 0.29) is 11.6 Å². The van der Waals surface area contributed by atoms with Gasteiger partial charge in [-0.1, -0.05) is 20.3 Å². The summed E-state index contributed by atoms with van der Waals surface area (Å²) in [5.41, 5.74) is 0.202. The topological polar surface area (TPSA) is 79.3 Å². The number of hydrogen-bond donors (Lipinski definition) is 2. The molecule has 2 N–H and O–H groups in total. The number of carboxylic acids is 1. The highest BCUT2D eigenvalue weighted by molar-refractivity contribution is 9.10. The number of pyridine rings is 1. The maximum Gasteiger partial charge on any atom is 0.326 e. The Kier molecular flexibility index (Phi) is 5.27. The standard InChI is InChI=1S/C12H15BrN2O3/c1-3-7(2)10(12(17)18)15-11(16)9-5-4-8(13)6-14-9/h4-7,10H,3H2,1-2H3,(H,15,16)(H,17,18)/t7-,10-/m0/s1. The number of rotatable bonds is 5. The summed E-state index contributed by atoms with van der Waals surface area (Å²) in [7, 11) is 0. The third kappa shape index (κ3) is 3.80. The second kappa shape index (κ2) is 6.49. The van der Waals surface area contributed by atoms with Crippen LogP contribution >= 0.6 is 15.9 Å². The molecule has 5 nitrogen and oxygen atoms in total. The molecule has 0 bridgehead atoms. The van der Waals surface area contributed by atoms with Gasteiger partial charge >= 0.3 is 5.97 Å². The van der Waals surface area contributed by atoms with E-state index in [9.17, 15) is 9.59 Å². The average molecular weight is 315 g/mol. The van der Waals surface area contributed by atoms with Crippen LogP contribution in [0, 0.1) is 5.92 Å². The zero-order valence-corrected chi connectivity index (χ0v) is 11.8. The first-order valence-electron chi connectivity index (χ1n) is 5.61. The van der Waals surface area contributed by atoms with Crippen molar-refractivity contribution in [3.05, 3.63) is 28.5 Å². The van der Waals surface area contributed by atoms with Crippen molar-refractivity contribution in [1.82, 2.24) is 10.3 Å². The first kappa shape index (κ1) is 14.6. The van der Waals surface area contributed by atoms with Gasteiger partial charge in [-0.3, -0.25) is 4.79 Å². The number of amides is 1. The van der Waals surface area contributed by atoms with Crippen LogP contribution in [0.2, 0.25) is 0 Å². The molecule has 0 spiro atoms. The number of halogens is 1. The summed E-state index contributed by atoms with van der Waals surface area (Å²) in [5, 5.41) is 11.6. The highest BCUT2D eigenvalue weighted by Crippen LogP contribution is 2.10. The molecule has 1 heterocycles. The number of aliphatic carboxylic acids is 1. The van der Waals surface area contributed by atoms with Gasteiger partial charge in [-0.25, -0.2) is 9.78 Å². The Morgan fingerprint density at radius 2 is 2.17 bits per heavy atom. The molecule has 0 aliphatic heterocycles. The van der Waals surface area contributed by atoms with Crippen LogP contribution in [0.4, 0.5) is 0 Å². The van der Waals surface area contributed by atoms with Gasteiger partial charge in [0.25, 0.3) is 5.91 Å². The summed E-state index contributed by atoms with van der Waals surface area (Å²) in [5.74, 6) is -1.65. The molecule has 0 fully saturated rings. The lowest BCUT2D eigenvalue weighted by Crippen LogP contribution is -2.45. The van der Waals surface area contributed by atoms with Crippen LogP contribution < -0.4 is 5.32 Å². The fourth-order valence-electron chi connectivity index (χ4n) is 1.41. The van der Waals surface area contributed by atoms with Crippen LogP contribution in [0.1, 0.15) is 30.8 Å². The van der Waals surface area contributed by atoms with Crippen molar-refractivity contribution in [2.75, 3.05) is 0 Å². The van der Waals surface area contributed by atoms with Crippen molar-refractivity contribution in [3.8, 4) is 0 Å². The van der Waals surface area contributed by atoms with Crippen LogP contribution in [0.5, 0.6) is 0 Å². The molecule has 18 heavy (non-hydrogen) atoms. The van der Waals surface area contributed by atoms with Crippen LogP contribution in [0.15, 0.2) is 22.8 Å². The number of nitrogens with one attached hydrogen (secondary N) is 1. The van der Waals surface area contributed by atoms with Gasteiger partial charge in [-0.15, -0.1) is 0 Å². The SMILES string of the molecule is CC[C@H](C)[C@H](NC(=O)c1ccc(Br)cn1)C(=O)O. The molecule has 0 unspecified atom stereocenters. The lowest BCUT2D eigenvalue weighted by Gasteiger charge is -2.19. The van der Waals surface area contributed by atoms with E-state index in [0.717, 1.165) is 4.47 Å². The predicted molar refractivity (Wildman–Crippen MR) is 70.3 cm³/mol. The number of nitrogens with zero attached hydrogens (tertiary/aromatic N) is 1. The van der Waals surface area contributed by atoms with E-state index in [0.29, 0.717) is 6.42 Å². The molecule has 1 rings (SSSR count). The summed E-state index contributed by atoms with van der Waals surface area (Å²) in [6.07, 6.45) is 2.17. The molecule has 1 amide bonds. The maximum absolute atomic E-state index is 11.8. The largest absolute Gasteiger partial charge is 0.480 e. The third-order valence-electron chi connectivity index (χ3n) is 2.73. The molecule has 0 saturated heterocycles. The molecular formula is C12H15BrN2O3. The molecule has 0 aliphatic carbocycles. The fourth-order valence-corrected chi connectivity index (χ4v) is 1.64. The number of aromatic nitrogens is 1. The van der Waals surface area contributed by atoms with E-state index in [1.54, 1.807) is 13.0 Å². The lowest BCUT2D eigenvalue weighted by atomic mass is 9.99. The van der Waals surface area contributed by atoms with E-state index in [1.165, 1.54) is 12.3 Å². The minimum Gasteiger partial charge on any atom is -0.480 e. The second-order valence-electron chi connectivity index (χ2n) is 4.04. The van der Waals surface area contributed by atoms with Crippen molar-refractivity contribution < 1.29 is 14.7 Å². The Morgan fingerprint density at radius 1 is 1.50 bits per heavy atom. The Balaban J connectivity index is 2.78. The summed E-state index contributed by atoms with van der Waals surface area (Å²) < 4.78 is 0.760. The molecule has 0 radical (unpaired) electrons. The first-order valence-corrected chi connectivity index (χ1v) is 6.40. The highest BCUT2D eigenvalue weighted by Gasteiger charge is 2.25. The van der Waals surface area contributed by atoms with Gasteiger partial charge in [-0.05, 0) is 34.0 Å². The van der Waals surface area contributed by atoms with Crippen molar-refractivity contribution >= 4 is 27.8 Å². The quantitative estimate of drug-likeness (QED) is 0.872. The Hall–Kier alpha value is -1.43. The van der Waals surface area contributed by atoms with Gasteiger partial charge in [0.15, 0.2) is 0 Å². The molecule has 0 aliphatic rings. The van der Waals surface area contributed by atoms with Crippen LogP contribution in [0.25, 0.3) is 0 Å². The zero-order chi connectivity index (χ0) is 13.7. The van der Waals surface area contributed by atoms with Gasteiger partial charge in [0.05, 0.1) is 0 Å². The number of carbonyl (C=O) groups is 2. The Labute approximate surface area is 114 Å². The van der Waals surface area contributed by atoms with E-state index in [2.05, 4.69) is 26.2 Å². The van der Waals surface area contributed by atoms with Crippen LogP contribution in [-0.4, -0.2) is 28.0 Å². The highest BCUT2D eigenvalue weighted by atomic mass is 79.9. The monoisotopic (exact) mass is 314 g/mol. The third-order valence-corrected chi connectivity index (χ3v) is 3.19. The van der Waals surface area contributed by atoms with Gasteiger partial charge in [-0.2, -0.15) is 0 Å². The molecule has 2 atom stereocenters. The zero-order valence-electron chi connectivity index (χ0n) is 10.2. The van der Waals surface area contributed by atoms with Gasteiger partial charge in [0.2, 0.25) is 0 Å². The first-order chi connectivity index (χ1) is 8.45. The summed E-state index contributed by atoms with van der Waals surface area (Å²) in [6, 6.07) is 2.32. The number of hydrogen-bond acceptors (Lipinski definition) is 3. The van der Waals surface area contributed by atoms with Crippen molar-refractivity contribution in [3.63, 3.8) is 0 Å². The van der Waals surface area contributed by atoms with Gasteiger partial charge in [0, 0.05) is 10.7 Å². The molecule has 98 valence electrons. The molecule has 1 aromatic rings. The maximum atomic E-state index is 11.8. The normalized spacial score (nSPS) is 13.7. The predicted octanol–water partition coefficient (Wildman–Crippen LogP) is 2.07. The van der Waals surface area contributed by atoms with Crippen molar-refractivity contribution in [2.24, 2.45) is 5.92 Å². The van der Waals surface area contributed by atoms with E-state index < -0.39 is 17.9 Å². The van der Waals surface area contributed by atoms with Gasteiger partial charge in [0.1, 0.15) is 11.7 Å². The van der Waals surface area contributed by atoms with Crippen molar-refractivity contribution in [1.29, 1.82) is 0 Å². The van der Waals surface area contributed by atoms with E-state index in [1.807, 2.05) is 6.92 Å². The number of carboxylic acid groups (broad SMARTS) is 1.